The van der Waals surface area contributed by atoms with Crippen molar-refractivity contribution < 1.29 is 14.7 Å². The van der Waals surface area contributed by atoms with Crippen LogP contribution in [0, 0.1) is 0 Å². The highest BCUT2D eigenvalue weighted by Crippen LogP contribution is 2.24. The molecule has 1 aromatic rings. The van der Waals surface area contributed by atoms with Gasteiger partial charge in [0, 0.05) is 13.0 Å². The summed E-state index contributed by atoms with van der Waals surface area (Å²) in [6.45, 7) is 0.318. The number of hydrogen-bond donors (Lipinski definition) is 2. The molecule has 0 radical (unpaired) electrons. The Hall–Kier alpha value is -1.53. The van der Waals surface area contributed by atoms with Crippen LogP contribution < -0.4 is 5.73 Å². The van der Waals surface area contributed by atoms with Crippen molar-refractivity contribution in [3.63, 3.8) is 0 Å². The van der Waals surface area contributed by atoms with E-state index in [-0.39, 0.29) is 5.91 Å². The van der Waals surface area contributed by atoms with Crippen molar-refractivity contribution >= 4 is 23.6 Å². The first-order valence-electron chi connectivity index (χ1n) is 6.89. The number of carbonyl (C=O) groups excluding carboxylic acids is 1. The highest BCUT2D eigenvalue weighted by atomic mass is 32.2. The normalized spacial score (nSPS) is 19.0. The third kappa shape index (κ3) is 3.57. The lowest BCUT2D eigenvalue weighted by atomic mass is 9.93. The molecule has 1 aliphatic heterocycles. The number of fused-ring (bicyclic) bond motifs is 1. The summed E-state index contributed by atoms with van der Waals surface area (Å²) in [7, 11) is 0. The third-order valence-electron chi connectivity index (χ3n) is 3.77. The molecule has 0 unspecified atom stereocenters. The second kappa shape index (κ2) is 6.95. The molecule has 1 heterocycles. The maximum Gasteiger partial charge on any atom is 0.326 e. The number of carboxylic acid groups (broad SMARTS) is 1. The van der Waals surface area contributed by atoms with Gasteiger partial charge in [0.2, 0.25) is 5.91 Å². The number of thioether (sulfide) groups is 1. The molecule has 6 heteroatoms. The monoisotopic (exact) mass is 308 g/mol. The van der Waals surface area contributed by atoms with Gasteiger partial charge in [0.1, 0.15) is 6.04 Å². The molecule has 2 atom stereocenters. The molecule has 2 rings (SSSR count). The Kier molecular flexibility index (Phi) is 5.25. The van der Waals surface area contributed by atoms with Crippen LogP contribution >= 0.6 is 11.8 Å². The number of carbonyl (C=O) groups is 2. The van der Waals surface area contributed by atoms with Crippen LogP contribution in [0.25, 0.3) is 0 Å². The zero-order valence-corrected chi connectivity index (χ0v) is 12.8. The average molecular weight is 308 g/mol. The molecule has 0 saturated heterocycles. The number of hydrogen-bond acceptors (Lipinski definition) is 4. The molecular formula is C15H20N2O3S. The minimum atomic E-state index is -0.977. The summed E-state index contributed by atoms with van der Waals surface area (Å²) >= 11 is 1.62. The average Bonchev–Trinajstić information content (AvgIpc) is 2.50. The molecule has 21 heavy (non-hydrogen) atoms. The smallest absolute Gasteiger partial charge is 0.326 e. The first-order valence-corrected chi connectivity index (χ1v) is 8.28. The molecule has 0 aromatic heterocycles. The van der Waals surface area contributed by atoms with E-state index in [1.807, 2.05) is 30.5 Å². The zero-order valence-electron chi connectivity index (χ0n) is 12.0. The lowest BCUT2D eigenvalue weighted by Crippen LogP contribution is -2.53. The maximum atomic E-state index is 12.5. The third-order valence-corrected chi connectivity index (χ3v) is 4.41. The van der Waals surface area contributed by atoms with Crippen LogP contribution in [-0.4, -0.2) is 46.0 Å². The van der Waals surface area contributed by atoms with Crippen molar-refractivity contribution in [2.24, 2.45) is 5.73 Å². The molecule has 1 aromatic carbocycles. The Bertz CT molecular complexity index is 535. The minimum absolute atomic E-state index is 0.272. The Morgan fingerprint density at radius 1 is 1.43 bits per heavy atom. The van der Waals surface area contributed by atoms with E-state index in [2.05, 4.69) is 0 Å². The van der Waals surface area contributed by atoms with E-state index in [4.69, 9.17) is 5.73 Å². The molecule has 3 N–H and O–H groups in total. The van der Waals surface area contributed by atoms with Crippen molar-refractivity contribution in [3.8, 4) is 0 Å². The van der Waals surface area contributed by atoms with Crippen LogP contribution in [0.5, 0.6) is 0 Å². The van der Waals surface area contributed by atoms with Crippen molar-refractivity contribution in [2.75, 3.05) is 12.0 Å². The molecule has 0 fully saturated rings. The summed E-state index contributed by atoms with van der Waals surface area (Å²) in [6, 6.07) is 6.18. The molecule has 1 aliphatic rings. The summed E-state index contributed by atoms with van der Waals surface area (Å²) in [5.41, 5.74) is 7.91. The van der Waals surface area contributed by atoms with Gasteiger partial charge in [-0.15, -0.1) is 0 Å². The number of benzene rings is 1. The van der Waals surface area contributed by atoms with Crippen LogP contribution in [-0.2, 0) is 22.6 Å². The fourth-order valence-corrected chi connectivity index (χ4v) is 3.05. The van der Waals surface area contributed by atoms with Gasteiger partial charge in [0.25, 0.3) is 0 Å². The van der Waals surface area contributed by atoms with E-state index in [9.17, 15) is 14.7 Å². The summed E-state index contributed by atoms with van der Waals surface area (Å²) in [6.07, 6.45) is 2.85. The number of rotatable bonds is 5. The van der Waals surface area contributed by atoms with Gasteiger partial charge in [0.15, 0.2) is 0 Å². The van der Waals surface area contributed by atoms with Gasteiger partial charge in [-0.3, -0.25) is 4.79 Å². The zero-order chi connectivity index (χ0) is 15.4. The number of nitrogens with zero attached hydrogens (tertiary/aromatic N) is 1. The Morgan fingerprint density at radius 3 is 2.71 bits per heavy atom. The largest absolute Gasteiger partial charge is 0.480 e. The second-order valence-corrected chi connectivity index (χ2v) is 6.17. The van der Waals surface area contributed by atoms with E-state index in [1.165, 1.54) is 4.90 Å². The predicted octanol–water partition coefficient (Wildman–Crippen LogP) is 1.10. The van der Waals surface area contributed by atoms with Gasteiger partial charge < -0.3 is 15.7 Å². The lowest BCUT2D eigenvalue weighted by molar-refractivity contribution is -0.152. The molecule has 0 aliphatic carbocycles. The van der Waals surface area contributed by atoms with E-state index in [0.717, 1.165) is 16.9 Å². The molecule has 0 bridgehead atoms. The summed E-state index contributed by atoms with van der Waals surface area (Å²) in [5, 5.41) is 9.40. The highest BCUT2D eigenvalue weighted by Gasteiger charge is 2.36. The van der Waals surface area contributed by atoms with Crippen molar-refractivity contribution in [1.29, 1.82) is 0 Å². The molecule has 0 spiro atoms. The summed E-state index contributed by atoms with van der Waals surface area (Å²) in [5.74, 6) is -0.462. The van der Waals surface area contributed by atoms with Crippen molar-refractivity contribution in [3.05, 3.63) is 35.4 Å². The number of nitrogens with two attached hydrogens (primary N) is 1. The van der Waals surface area contributed by atoms with Crippen LogP contribution in [0.15, 0.2) is 24.3 Å². The SMILES string of the molecule is CSCC[C@H](N)C(=O)N1Cc2ccccc2C[C@@H]1C(=O)O. The van der Waals surface area contributed by atoms with E-state index >= 15 is 0 Å². The number of aliphatic carboxylic acids is 1. The molecule has 0 saturated carbocycles. The van der Waals surface area contributed by atoms with E-state index in [1.54, 1.807) is 11.8 Å². The fourth-order valence-electron chi connectivity index (χ4n) is 2.56. The van der Waals surface area contributed by atoms with Crippen LogP contribution in [0.3, 0.4) is 0 Å². The minimum Gasteiger partial charge on any atom is -0.480 e. The molecule has 114 valence electrons. The first-order chi connectivity index (χ1) is 10.0. The number of carboxylic acids is 1. The summed E-state index contributed by atoms with van der Waals surface area (Å²) in [4.78, 5) is 25.3. The Balaban J connectivity index is 2.20. The van der Waals surface area contributed by atoms with Gasteiger partial charge >= 0.3 is 5.97 Å². The Labute approximate surface area is 128 Å². The Morgan fingerprint density at radius 2 is 2.10 bits per heavy atom. The van der Waals surface area contributed by atoms with Gasteiger partial charge in [-0.2, -0.15) is 11.8 Å². The second-order valence-electron chi connectivity index (χ2n) is 5.18. The van der Waals surface area contributed by atoms with Crippen LogP contribution in [0.2, 0.25) is 0 Å². The molecule has 1 amide bonds. The van der Waals surface area contributed by atoms with Crippen molar-refractivity contribution in [1.82, 2.24) is 4.90 Å². The fraction of sp³-hybridized carbons (Fsp3) is 0.467. The van der Waals surface area contributed by atoms with Gasteiger partial charge in [0.05, 0.1) is 6.04 Å². The van der Waals surface area contributed by atoms with E-state index in [0.29, 0.717) is 19.4 Å². The van der Waals surface area contributed by atoms with Crippen LogP contribution in [0.1, 0.15) is 17.5 Å². The van der Waals surface area contributed by atoms with Crippen LogP contribution in [0.4, 0.5) is 0 Å². The van der Waals surface area contributed by atoms with Crippen molar-refractivity contribution in [2.45, 2.75) is 31.5 Å². The topological polar surface area (TPSA) is 83.6 Å². The quantitative estimate of drug-likeness (QED) is 0.851. The van der Waals surface area contributed by atoms with Gasteiger partial charge in [-0.05, 0) is 29.6 Å². The molecule has 5 nitrogen and oxygen atoms in total. The van der Waals surface area contributed by atoms with Gasteiger partial charge in [-0.1, -0.05) is 24.3 Å². The standard InChI is InChI=1S/C15H20N2O3S/c1-21-7-6-12(16)14(18)17-9-11-5-3-2-4-10(11)8-13(17)15(19)20/h2-5,12-13H,6-9,16H2,1H3,(H,19,20)/t12-,13+/m0/s1. The predicted molar refractivity (Wildman–Crippen MR) is 83.1 cm³/mol. The lowest BCUT2D eigenvalue weighted by Gasteiger charge is -2.35. The van der Waals surface area contributed by atoms with E-state index < -0.39 is 18.1 Å². The first kappa shape index (κ1) is 15.9. The maximum absolute atomic E-state index is 12.5. The molecular weight excluding hydrogens is 288 g/mol. The number of amides is 1. The summed E-state index contributed by atoms with van der Waals surface area (Å²) < 4.78 is 0. The highest BCUT2D eigenvalue weighted by molar-refractivity contribution is 7.98. The van der Waals surface area contributed by atoms with Gasteiger partial charge in [-0.25, -0.2) is 4.79 Å².